The van der Waals surface area contributed by atoms with Crippen molar-refractivity contribution in [3.8, 4) is 6.07 Å². The first kappa shape index (κ1) is 21.8. The fourth-order valence-corrected chi connectivity index (χ4v) is 3.62. The number of nitrogens with one attached hydrogen (secondary N) is 1. The number of hydrogen-bond donors (Lipinski definition) is 1. The Morgan fingerprint density at radius 2 is 1.90 bits per heavy atom. The van der Waals surface area contributed by atoms with Gasteiger partial charge in [-0.3, -0.25) is 4.79 Å². The summed E-state index contributed by atoms with van der Waals surface area (Å²) >= 11 is 5.94. The third-order valence-corrected chi connectivity index (χ3v) is 5.36. The molecule has 1 aliphatic heterocycles. The zero-order valence-corrected chi connectivity index (χ0v) is 17.7. The second-order valence-corrected chi connectivity index (χ2v) is 7.45. The van der Waals surface area contributed by atoms with E-state index in [9.17, 15) is 4.79 Å². The maximum Gasteiger partial charge on any atom is 0.244 e. The SMILES string of the molecule is Cl.N#Cc1ccc(Cn2cncc2CN[C@H]2CCN(c3ccc(Cl)cc3)C2=O)cc1. The summed E-state index contributed by atoms with van der Waals surface area (Å²) in [7, 11) is 0. The molecule has 0 aliphatic carbocycles. The largest absolute Gasteiger partial charge is 0.329 e. The molecule has 1 amide bonds. The van der Waals surface area contributed by atoms with E-state index in [1.54, 1.807) is 23.4 Å². The van der Waals surface area contributed by atoms with Crippen molar-refractivity contribution in [2.24, 2.45) is 0 Å². The fourth-order valence-electron chi connectivity index (χ4n) is 3.49. The van der Waals surface area contributed by atoms with Gasteiger partial charge >= 0.3 is 0 Å². The summed E-state index contributed by atoms with van der Waals surface area (Å²) < 4.78 is 2.05. The number of hydrogen-bond acceptors (Lipinski definition) is 4. The van der Waals surface area contributed by atoms with Crippen LogP contribution < -0.4 is 10.2 Å². The van der Waals surface area contributed by atoms with E-state index in [1.165, 1.54) is 0 Å². The first-order valence-corrected chi connectivity index (χ1v) is 9.80. The summed E-state index contributed by atoms with van der Waals surface area (Å²) in [6.45, 7) is 1.90. The number of benzene rings is 2. The van der Waals surface area contributed by atoms with E-state index in [0.29, 0.717) is 30.2 Å². The minimum absolute atomic E-state index is 0. The van der Waals surface area contributed by atoms with Gasteiger partial charge in [0.2, 0.25) is 5.91 Å². The van der Waals surface area contributed by atoms with E-state index in [0.717, 1.165) is 23.4 Å². The number of anilines is 1. The minimum Gasteiger partial charge on any atom is -0.329 e. The molecule has 0 bridgehead atoms. The van der Waals surface area contributed by atoms with E-state index in [-0.39, 0.29) is 24.4 Å². The van der Waals surface area contributed by atoms with E-state index < -0.39 is 0 Å². The summed E-state index contributed by atoms with van der Waals surface area (Å²) in [5, 5.41) is 12.9. The number of nitriles is 1. The van der Waals surface area contributed by atoms with Gasteiger partial charge in [0.1, 0.15) is 0 Å². The Morgan fingerprint density at radius 3 is 2.60 bits per heavy atom. The zero-order chi connectivity index (χ0) is 20.2. The van der Waals surface area contributed by atoms with Crippen LogP contribution in [0.3, 0.4) is 0 Å². The first-order valence-electron chi connectivity index (χ1n) is 9.42. The van der Waals surface area contributed by atoms with Crippen molar-refractivity contribution in [2.45, 2.75) is 25.6 Å². The molecule has 0 unspecified atom stereocenters. The molecule has 0 radical (unpaired) electrons. The van der Waals surface area contributed by atoms with Crippen LogP contribution in [0.1, 0.15) is 23.2 Å². The number of rotatable bonds is 6. The second kappa shape index (κ2) is 9.77. The van der Waals surface area contributed by atoms with Crippen LogP contribution in [0.4, 0.5) is 5.69 Å². The van der Waals surface area contributed by atoms with Gasteiger partial charge in [-0.25, -0.2) is 4.98 Å². The van der Waals surface area contributed by atoms with Gasteiger partial charge in [-0.15, -0.1) is 12.4 Å². The van der Waals surface area contributed by atoms with Crippen molar-refractivity contribution >= 4 is 35.6 Å². The predicted molar refractivity (Wildman–Crippen MR) is 119 cm³/mol. The number of carbonyl (C=O) groups excluding carboxylic acids is 1. The number of aromatic nitrogens is 2. The average Bonchev–Trinajstić information content (AvgIpc) is 3.34. The monoisotopic (exact) mass is 441 g/mol. The van der Waals surface area contributed by atoms with Crippen LogP contribution in [0.2, 0.25) is 5.02 Å². The number of nitrogens with zero attached hydrogens (tertiary/aromatic N) is 4. The Hall–Kier alpha value is -2.85. The molecule has 154 valence electrons. The molecule has 0 saturated carbocycles. The highest BCUT2D eigenvalue weighted by Gasteiger charge is 2.32. The molecule has 2 aromatic carbocycles. The summed E-state index contributed by atoms with van der Waals surface area (Å²) in [4.78, 5) is 18.8. The van der Waals surface area contributed by atoms with Crippen molar-refractivity contribution in [2.75, 3.05) is 11.4 Å². The molecule has 0 spiro atoms. The Kier molecular flexibility index (Phi) is 7.11. The highest BCUT2D eigenvalue weighted by molar-refractivity contribution is 6.30. The van der Waals surface area contributed by atoms with Gasteiger partial charge in [-0.1, -0.05) is 23.7 Å². The quantitative estimate of drug-likeness (QED) is 0.631. The number of carbonyl (C=O) groups is 1. The van der Waals surface area contributed by atoms with Crippen LogP contribution >= 0.6 is 24.0 Å². The summed E-state index contributed by atoms with van der Waals surface area (Å²) in [5.74, 6) is 0.0745. The van der Waals surface area contributed by atoms with Crippen LogP contribution in [-0.2, 0) is 17.9 Å². The molecule has 2 heterocycles. The Bertz CT molecular complexity index is 1040. The zero-order valence-electron chi connectivity index (χ0n) is 16.2. The fraction of sp³-hybridized carbons (Fsp3) is 0.227. The molecule has 1 aromatic heterocycles. The molecule has 30 heavy (non-hydrogen) atoms. The second-order valence-electron chi connectivity index (χ2n) is 7.01. The van der Waals surface area contributed by atoms with Crippen molar-refractivity contribution in [1.29, 1.82) is 5.26 Å². The smallest absolute Gasteiger partial charge is 0.244 e. The molecule has 6 nitrogen and oxygen atoms in total. The van der Waals surface area contributed by atoms with Crippen molar-refractivity contribution < 1.29 is 4.79 Å². The van der Waals surface area contributed by atoms with E-state index in [2.05, 4.69) is 16.4 Å². The van der Waals surface area contributed by atoms with Gasteiger partial charge in [0, 0.05) is 36.5 Å². The first-order chi connectivity index (χ1) is 14.1. The highest BCUT2D eigenvalue weighted by atomic mass is 35.5. The van der Waals surface area contributed by atoms with Gasteiger partial charge in [0.15, 0.2) is 0 Å². The maximum absolute atomic E-state index is 12.8. The van der Waals surface area contributed by atoms with Crippen molar-refractivity contribution in [3.63, 3.8) is 0 Å². The molecule has 3 aromatic rings. The van der Waals surface area contributed by atoms with Crippen molar-refractivity contribution in [3.05, 3.63) is 82.9 Å². The lowest BCUT2D eigenvalue weighted by Gasteiger charge is -2.17. The van der Waals surface area contributed by atoms with E-state index in [1.807, 2.05) is 47.2 Å². The van der Waals surface area contributed by atoms with Crippen LogP contribution in [0.25, 0.3) is 0 Å². The summed E-state index contributed by atoms with van der Waals surface area (Å²) in [6.07, 6.45) is 4.35. The van der Waals surface area contributed by atoms with Gasteiger partial charge in [-0.2, -0.15) is 5.26 Å². The molecule has 1 saturated heterocycles. The lowest BCUT2D eigenvalue weighted by atomic mass is 10.1. The van der Waals surface area contributed by atoms with E-state index in [4.69, 9.17) is 16.9 Å². The van der Waals surface area contributed by atoms with E-state index >= 15 is 0 Å². The number of amides is 1. The summed E-state index contributed by atoms with van der Waals surface area (Å²) in [6, 6.07) is 16.8. The van der Waals surface area contributed by atoms with Crippen molar-refractivity contribution in [1.82, 2.24) is 14.9 Å². The third-order valence-electron chi connectivity index (χ3n) is 5.11. The molecule has 1 aliphatic rings. The Labute approximate surface area is 186 Å². The lowest BCUT2D eigenvalue weighted by molar-refractivity contribution is -0.118. The molecule has 4 rings (SSSR count). The van der Waals surface area contributed by atoms with Crippen LogP contribution in [-0.4, -0.2) is 28.0 Å². The molecule has 1 atom stereocenters. The molecular formula is C22H21Cl2N5O. The molecule has 1 fully saturated rings. The topological polar surface area (TPSA) is 74.0 Å². The minimum atomic E-state index is -0.219. The predicted octanol–water partition coefficient (Wildman–Crippen LogP) is 3.77. The Balaban J connectivity index is 0.00000256. The third kappa shape index (κ3) is 4.82. The molecule has 1 N–H and O–H groups in total. The molecular weight excluding hydrogens is 421 g/mol. The lowest BCUT2D eigenvalue weighted by Crippen LogP contribution is -2.38. The average molecular weight is 442 g/mol. The van der Waals surface area contributed by atoms with Crippen LogP contribution in [0.15, 0.2) is 61.1 Å². The standard InChI is InChI=1S/C22H20ClN5O.ClH/c23-18-5-7-19(8-6-18)28-10-9-21(22(28)29)26-13-20-12-25-15-27(20)14-17-3-1-16(11-24)2-4-17;/h1-8,12,15,21,26H,9-10,13-14H2;1H/t21-;/m0./s1. The summed E-state index contributed by atoms with van der Waals surface area (Å²) in [5.41, 5.74) is 3.61. The van der Waals surface area contributed by atoms with Crippen LogP contribution in [0, 0.1) is 11.3 Å². The Morgan fingerprint density at radius 1 is 1.17 bits per heavy atom. The van der Waals surface area contributed by atoms with Gasteiger partial charge in [0.05, 0.1) is 29.7 Å². The van der Waals surface area contributed by atoms with Gasteiger partial charge in [-0.05, 0) is 48.4 Å². The van der Waals surface area contributed by atoms with Gasteiger partial charge in [0.25, 0.3) is 0 Å². The van der Waals surface area contributed by atoms with Crippen LogP contribution in [0.5, 0.6) is 0 Å². The normalized spacial score (nSPS) is 15.7. The molecule has 8 heteroatoms. The highest BCUT2D eigenvalue weighted by Crippen LogP contribution is 2.23. The van der Waals surface area contributed by atoms with Gasteiger partial charge < -0.3 is 14.8 Å². The number of imidazole rings is 1. The number of halogens is 2. The maximum atomic E-state index is 12.8.